The summed E-state index contributed by atoms with van der Waals surface area (Å²) in [6, 6.07) is 5.78. The van der Waals surface area contributed by atoms with Crippen LogP contribution in [-0.2, 0) is 11.2 Å². The molecule has 3 aliphatic heterocycles. The number of ether oxygens (including phenoxy) is 1. The first kappa shape index (κ1) is 19.2. The van der Waals surface area contributed by atoms with Crippen LogP contribution in [-0.4, -0.2) is 59.3 Å². The second-order valence-electron chi connectivity index (χ2n) is 8.70. The third kappa shape index (κ3) is 2.82. The Kier molecular flexibility index (Phi) is 4.31. The monoisotopic (exact) mass is 438 g/mol. The van der Waals surface area contributed by atoms with Gasteiger partial charge in [-0.15, -0.1) is 0 Å². The van der Waals surface area contributed by atoms with E-state index in [1.807, 2.05) is 18.2 Å². The van der Waals surface area contributed by atoms with Gasteiger partial charge in [0.15, 0.2) is 5.69 Å². The van der Waals surface area contributed by atoms with Gasteiger partial charge in [0, 0.05) is 37.3 Å². The molecule has 160 valence electrons. The van der Waals surface area contributed by atoms with Gasteiger partial charge in [0.1, 0.15) is 10.5 Å². The Bertz CT molecular complexity index is 1180. The highest BCUT2D eigenvalue weighted by Crippen LogP contribution is 2.49. The van der Waals surface area contributed by atoms with E-state index in [2.05, 4.69) is 45.4 Å². The number of nitrogens with zero attached hydrogens (tertiary/aromatic N) is 5. The van der Waals surface area contributed by atoms with Crippen LogP contribution >= 0.6 is 11.6 Å². The Labute approximate surface area is 184 Å². The molecule has 3 aromatic rings. The summed E-state index contributed by atoms with van der Waals surface area (Å²) < 4.78 is 11.9. The van der Waals surface area contributed by atoms with Crippen LogP contribution in [0.5, 0.6) is 0 Å². The van der Waals surface area contributed by atoms with Crippen LogP contribution in [0.15, 0.2) is 33.9 Å². The molecule has 0 radical (unpaired) electrons. The number of rotatable bonds is 1. The number of morpholine rings is 1. The van der Waals surface area contributed by atoms with Crippen molar-refractivity contribution in [2.75, 3.05) is 24.7 Å². The van der Waals surface area contributed by atoms with Crippen LogP contribution in [0.4, 0.5) is 5.69 Å². The fraction of sp³-hybridized carbons (Fsp3) is 0.455. The molecule has 4 atom stereocenters. The molecule has 6 rings (SSSR count). The van der Waals surface area contributed by atoms with Gasteiger partial charge in [-0.05, 0) is 26.0 Å². The minimum Gasteiger partial charge on any atom is -0.372 e. The van der Waals surface area contributed by atoms with Crippen molar-refractivity contribution in [3.63, 3.8) is 0 Å². The maximum Gasteiger partial charge on any atom is 0.206 e. The maximum absolute atomic E-state index is 6.98. The lowest BCUT2D eigenvalue weighted by Gasteiger charge is -2.55. The third-order valence-electron chi connectivity index (χ3n) is 6.56. The van der Waals surface area contributed by atoms with Crippen LogP contribution in [0.25, 0.3) is 22.5 Å². The van der Waals surface area contributed by atoms with Gasteiger partial charge in [-0.2, -0.15) is 0 Å². The molecule has 6 heterocycles. The molecular weight excluding hydrogens is 416 g/mol. The first-order chi connectivity index (χ1) is 15.1. The first-order valence-corrected chi connectivity index (χ1v) is 11.0. The Morgan fingerprint density at radius 3 is 2.97 bits per heavy atom. The van der Waals surface area contributed by atoms with E-state index in [4.69, 9.17) is 25.8 Å². The quantitative estimate of drug-likeness (QED) is 0.624. The number of hydrogen-bond acceptors (Lipinski definition) is 8. The summed E-state index contributed by atoms with van der Waals surface area (Å²) in [6.07, 6.45) is 4.65. The Morgan fingerprint density at radius 1 is 1.29 bits per heavy atom. The minimum atomic E-state index is -0.225. The number of fused-ring (bicyclic) bond motifs is 5. The topological polar surface area (TPSA) is 88.7 Å². The molecule has 1 fully saturated rings. The summed E-state index contributed by atoms with van der Waals surface area (Å²) in [4.78, 5) is 16.4. The van der Waals surface area contributed by atoms with Crippen LogP contribution in [0.3, 0.4) is 0 Å². The molecule has 1 saturated heterocycles. The van der Waals surface area contributed by atoms with Gasteiger partial charge in [-0.25, -0.2) is 4.98 Å². The van der Waals surface area contributed by atoms with Crippen molar-refractivity contribution in [1.29, 1.82) is 0 Å². The van der Waals surface area contributed by atoms with E-state index in [1.54, 1.807) is 6.20 Å². The number of aliphatic imine (C=N–C) groups is 1. The van der Waals surface area contributed by atoms with Gasteiger partial charge in [-0.1, -0.05) is 22.8 Å². The maximum atomic E-state index is 6.98. The second-order valence-corrected chi connectivity index (χ2v) is 9.08. The normalized spacial score (nSPS) is 29.9. The average Bonchev–Trinajstić information content (AvgIpc) is 3.18. The first-order valence-electron chi connectivity index (χ1n) is 10.6. The van der Waals surface area contributed by atoms with E-state index in [0.29, 0.717) is 40.6 Å². The van der Waals surface area contributed by atoms with E-state index in [1.165, 1.54) is 0 Å². The van der Waals surface area contributed by atoms with Crippen molar-refractivity contribution < 1.29 is 9.26 Å². The lowest BCUT2D eigenvalue weighted by molar-refractivity contribution is -0.0522. The summed E-state index contributed by atoms with van der Waals surface area (Å²) in [5.41, 5.74) is 4.10. The van der Waals surface area contributed by atoms with Crippen LogP contribution in [0.1, 0.15) is 19.5 Å². The molecule has 1 N–H and O–H groups in total. The Balaban J connectivity index is 1.58. The standard InChI is InChI=1S/C22H23ClN6O2/c1-12-8-29-19-15(7-22(9-24-11-25-10-22)21(29)13(2)30-12)27-18-17(14-5-3-4-6-26-14)28-31-20(18)16(19)23/h3-6,9,12-13,21,25H,7-8,10-11H2,1-2H3/t12-,13+,21-,22?/m1/s1. The van der Waals surface area contributed by atoms with Crippen LogP contribution in [0.2, 0.25) is 5.02 Å². The zero-order valence-electron chi connectivity index (χ0n) is 17.4. The third-order valence-corrected chi connectivity index (χ3v) is 6.91. The molecule has 3 aromatic heterocycles. The summed E-state index contributed by atoms with van der Waals surface area (Å²) in [5, 5.41) is 8.26. The molecule has 1 spiro atoms. The summed E-state index contributed by atoms with van der Waals surface area (Å²) in [7, 11) is 0. The number of aromatic nitrogens is 3. The molecule has 0 amide bonds. The zero-order valence-corrected chi connectivity index (χ0v) is 18.1. The van der Waals surface area contributed by atoms with Gasteiger partial charge >= 0.3 is 0 Å². The van der Waals surface area contributed by atoms with Gasteiger partial charge in [0.05, 0.1) is 42.0 Å². The zero-order chi connectivity index (χ0) is 21.2. The van der Waals surface area contributed by atoms with Crippen LogP contribution < -0.4 is 10.2 Å². The molecule has 9 heteroatoms. The fourth-order valence-corrected chi connectivity index (χ4v) is 5.85. The number of nitrogens with one attached hydrogen (secondary N) is 1. The van der Waals surface area contributed by atoms with Crippen molar-refractivity contribution in [2.24, 2.45) is 10.4 Å². The van der Waals surface area contributed by atoms with E-state index >= 15 is 0 Å². The van der Waals surface area contributed by atoms with E-state index < -0.39 is 0 Å². The molecular formula is C22H23ClN6O2. The molecule has 0 saturated carbocycles. The lowest BCUT2D eigenvalue weighted by atomic mass is 9.70. The van der Waals surface area contributed by atoms with Crippen molar-refractivity contribution in [3.8, 4) is 11.4 Å². The molecule has 1 unspecified atom stereocenters. The SMILES string of the molecule is C[C@@H]1CN2c3c(nc4c(-c5ccccn5)noc4c3Cl)CC3(C=NCNC3)[C@H]2[C@H](C)O1. The van der Waals surface area contributed by atoms with Gasteiger partial charge in [-0.3, -0.25) is 15.3 Å². The van der Waals surface area contributed by atoms with Crippen molar-refractivity contribution in [2.45, 2.75) is 38.5 Å². The van der Waals surface area contributed by atoms with Crippen molar-refractivity contribution >= 4 is 34.6 Å². The van der Waals surface area contributed by atoms with Crippen LogP contribution in [0, 0.1) is 5.41 Å². The number of anilines is 1. The molecule has 0 bridgehead atoms. The van der Waals surface area contributed by atoms with Crippen molar-refractivity contribution in [1.82, 2.24) is 20.4 Å². The lowest BCUT2D eigenvalue weighted by Crippen LogP contribution is -2.67. The largest absolute Gasteiger partial charge is 0.372 e. The summed E-state index contributed by atoms with van der Waals surface area (Å²) >= 11 is 6.98. The van der Waals surface area contributed by atoms with E-state index in [0.717, 1.165) is 24.5 Å². The highest BCUT2D eigenvalue weighted by Gasteiger charge is 2.53. The fourth-order valence-electron chi connectivity index (χ4n) is 5.51. The molecule has 31 heavy (non-hydrogen) atoms. The number of halogens is 1. The molecule has 0 aliphatic carbocycles. The second kappa shape index (κ2) is 6.98. The van der Waals surface area contributed by atoms with Gasteiger partial charge in [0.25, 0.3) is 0 Å². The average molecular weight is 439 g/mol. The molecule has 3 aliphatic rings. The highest BCUT2D eigenvalue weighted by molar-refractivity contribution is 6.38. The number of hydrogen-bond donors (Lipinski definition) is 1. The molecule has 0 aromatic carbocycles. The van der Waals surface area contributed by atoms with E-state index in [-0.39, 0.29) is 23.7 Å². The Morgan fingerprint density at radius 2 is 2.19 bits per heavy atom. The number of pyridine rings is 2. The van der Waals surface area contributed by atoms with Crippen molar-refractivity contribution in [3.05, 3.63) is 35.1 Å². The highest BCUT2D eigenvalue weighted by atomic mass is 35.5. The predicted octanol–water partition coefficient (Wildman–Crippen LogP) is 3.09. The van der Waals surface area contributed by atoms with Gasteiger partial charge in [0.2, 0.25) is 5.58 Å². The van der Waals surface area contributed by atoms with Gasteiger partial charge < -0.3 is 14.2 Å². The summed E-state index contributed by atoms with van der Waals surface area (Å²) in [6.45, 7) is 6.40. The smallest absolute Gasteiger partial charge is 0.206 e. The minimum absolute atomic E-state index is 0.0221. The van der Waals surface area contributed by atoms with E-state index in [9.17, 15) is 0 Å². The summed E-state index contributed by atoms with van der Waals surface area (Å²) in [5.74, 6) is 0. The predicted molar refractivity (Wildman–Crippen MR) is 119 cm³/mol. The Hall–Kier alpha value is -2.55. The molecule has 8 nitrogen and oxygen atoms in total.